The van der Waals surface area contributed by atoms with E-state index in [2.05, 4.69) is 228 Å². The van der Waals surface area contributed by atoms with Gasteiger partial charge in [-0.15, -0.1) is 11.3 Å². The van der Waals surface area contributed by atoms with Crippen LogP contribution in [0.1, 0.15) is 0 Å². The number of para-hydroxylation sites is 3. The number of hydrogen-bond acceptors (Lipinski definition) is 3. The molecule has 2 nitrogen and oxygen atoms in total. The fourth-order valence-electron chi connectivity index (χ4n) is 7.83. The molecule has 1 aromatic heterocycles. The van der Waals surface area contributed by atoms with Gasteiger partial charge in [-0.25, -0.2) is 0 Å². The zero-order valence-electron chi connectivity index (χ0n) is 30.1. The van der Waals surface area contributed by atoms with Crippen LogP contribution in [0.2, 0.25) is 0 Å². The van der Waals surface area contributed by atoms with Crippen LogP contribution in [0.5, 0.6) is 0 Å². The largest absolute Gasteiger partial charge is 0.310 e. The third-order valence-electron chi connectivity index (χ3n) is 10.4. The van der Waals surface area contributed by atoms with Gasteiger partial charge in [0.2, 0.25) is 0 Å². The second kappa shape index (κ2) is 14.1. The molecule has 0 N–H and O–H groups in total. The van der Waals surface area contributed by atoms with Crippen LogP contribution in [0.4, 0.5) is 34.1 Å². The molecule has 0 fully saturated rings. The van der Waals surface area contributed by atoms with Crippen molar-refractivity contribution in [1.82, 2.24) is 0 Å². The topological polar surface area (TPSA) is 6.48 Å². The molecule has 9 aromatic carbocycles. The maximum Gasteiger partial charge on any atom is 0.0575 e. The van der Waals surface area contributed by atoms with Crippen molar-refractivity contribution < 1.29 is 0 Å². The molecule has 0 radical (unpaired) electrons. The Kier molecular flexibility index (Phi) is 8.40. The van der Waals surface area contributed by atoms with Crippen molar-refractivity contribution >= 4 is 76.4 Å². The van der Waals surface area contributed by atoms with Gasteiger partial charge in [0.05, 0.1) is 5.69 Å². The van der Waals surface area contributed by atoms with Gasteiger partial charge in [0.25, 0.3) is 0 Å². The first-order valence-electron chi connectivity index (χ1n) is 18.7. The molecule has 0 saturated carbocycles. The summed E-state index contributed by atoms with van der Waals surface area (Å²) in [6, 6.07) is 78.8. The van der Waals surface area contributed by atoms with Crippen LogP contribution < -0.4 is 9.80 Å². The minimum atomic E-state index is 1.10. The highest BCUT2D eigenvalue weighted by Crippen LogP contribution is 2.50. The van der Waals surface area contributed by atoms with E-state index in [1.165, 1.54) is 53.2 Å². The van der Waals surface area contributed by atoms with Crippen LogP contribution in [-0.4, -0.2) is 0 Å². The van der Waals surface area contributed by atoms with Gasteiger partial charge < -0.3 is 9.80 Å². The van der Waals surface area contributed by atoms with E-state index in [1.807, 2.05) is 11.3 Å². The third-order valence-corrected chi connectivity index (χ3v) is 11.5. The minimum Gasteiger partial charge on any atom is -0.310 e. The summed E-state index contributed by atoms with van der Waals surface area (Å²) < 4.78 is 2.52. The number of rotatable bonds is 8. The molecule has 0 saturated heterocycles. The van der Waals surface area contributed by atoms with Crippen LogP contribution in [0, 0.1) is 0 Å². The Hall–Kier alpha value is -6.94. The van der Waals surface area contributed by atoms with E-state index in [0.29, 0.717) is 0 Å². The van der Waals surface area contributed by atoms with E-state index in [-0.39, 0.29) is 0 Å². The van der Waals surface area contributed by atoms with E-state index in [1.54, 1.807) is 0 Å². The minimum absolute atomic E-state index is 1.10. The van der Waals surface area contributed by atoms with Crippen LogP contribution in [-0.2, 0) is 0 Å². The summed E-state index contributed by atoms with van der Waals surface area (Å²) in [7, 11) is 0. The predicted molar refractivity (Wildman–Crippen MR) is 237 cm³/mol. The Morgan fingerprint density at radius 2 is 0.745 bits per heavy atom. The Labute approximate surface area is 325 Å². The van der Waals surface area contributed by atoms with E-state index >= 15 is 0 Å². The normalized spacial score (nSPS) is 11.3. The molecule has 10 aromatic rings. The molecule has 10 rings (SSSR count). The van der Waals surface area contributed by atoms with Crippen molar-refractivity contribution in [1.29, 1.82) is 0 Å². The van der Waals surface area contributed by atoms with E-state index in [9.17, 15) is 0 Å². The highest BCUT2D eigenvalue weighted by Gasteiger charge is 2.23. The molecule has 260 valence electrons. The Morgan fingerprint density at radius 3 is 1.33 bits per heavy atom. The number of hydrogen-bond donors (Lipinski definition) is 0. The van der Waals surface area contributed by atoms with Crippen molar-refractivity contribution in [3.63, 3.8) is 0 Å². The van der Waals surface area contributed by atoms with Crippen LogP contribution in [0.15, 0.2) is 218 Å². The highest BCUT2D eigenvalue weighted by atomic mass is 32.1. The Balaban J connectivity index is 1.20. The predicted octanol–water partition coefficient (Wildman–Crippen LogP) is 15.5. The summed E-state index contributed by atoms with van der Waals surface area (Å²) in [5, 5.41) is 5.06. The molecule has 0 atom stereocenters. The van der Waals surface area contributed by atoms with Crippen molar-refractivity contribution in [2.45, 2.75) is 0 Å². The lowest BCUT2D eigenvalue weighted by molar-refractivity contribution is 1.26. The van der Waals surface area contributed by atoms with Crippen molar-refractivity contribution in [2.75, 3.05) is 9.80 Å². The average Bonchev–Trinajstić information content (AvgIpc) is 3.65. The smallest absolute Gasteiger partial charge is 0.0575 e. The molecule has 0 unspecified atom stereocenters. The molecule has 1 heterocycles. The summed E-state index contributed by atoms with van der Waals surface area (Å²) >= 11 is 1.87. The fourth-order valence-corrected chi connectivity index (χ4v) is 9.01. The molecule has 0 aliphatic carbocycles. The van der Waals surface area contributed by atoms with Crippen LogP contribution in [0.3, 0.4) is 0 Å². The summed E-state index contributed by atoms with van der Waals surface area (Å²) in [5.74, 6) is 0. The fraction of sp³-hybridized carbons (Fsp3) is 0. The van der Waals surface area contributed by atoms with Gasteiger partial charge >= 0.3 is 0 Å². The monoisotopic (exact) mass is 720 g/mol. The molecule has 0 amide bonds. The number of fused-ring (bicyclic) bond motifs is 5. The third kappa shape index (κ3) is 6.11. The zero-order valence-corrected chi connectivity index (χ0v) is 30.9. The standard InChI is InChI=1S/C52H36N2S/c1-5-15-37(16-6-1)38-25-27-39(28-26-38)40-29-32-45(33-30-40)54(44-22-11-4-12-23-44)48-35-46(53(42-18-7-2-8-19-42)43-20-9-3-10-21-43)36-50-52(48)51-47-24-14-13-17-41(47)31-34-49(51)55-50/h1-36H. The average molecular weight is 721 g/mol. The first-order chi connectivity index (χ1) is 27.3. The number of benzene rings is 9. The van der Waals surface area contributed by atoms with Crippen LogP contribution >= 0.6 is 11.3 Å². The molecule has 0 aliphatic rings. The lowest BCUT2D eigenvalue weighted by atomic mass is 9.99. The van der Waals surface area contributed by atoms with Gasteiger partial charge in [-0.2, -0.15) is 0 Å². The second-order valence-electron chi connectivity index (χ2n) is 13.8. The maximum absolute atomic E-state index is 2.44. The summed E-state index contributed by atoms with van der Waals surface area (Å²) in [4.78, 5) is 4.81. The first-order valence-corrected chi connectivity index (χ1v) is 19.5. The van der Waals surface area contributed by atoms with Crippen molar-refractivity contribution in [2.24, 2.45) is 0 Å². The van der Waals surface area contributed by atoms with Crippen molar-refractivity contribution in [3.8, 4) is 22.3 Å². The summed E-state index contributed by atoms with van der Waals surface area (Å²) in [5.41, 5.74) is 11.5. The lowest BCUT2D eigenvalue weighted by Gasteiger charge is -2.30. The molecule has 3 heteroatoms. The Bertz CT molecular complexity index is 2850. The SMILES string of the molecule is c1ccc(-c2ccc(-c3ccc(N(c4ccccc4)c4cc(N(c5ccccc5)c5ccccc5)cc5sc6ccc7ccccc7c6c45)cc3)cc2)cc1. The molecule has 55 heavy (non-hydrogen) atoms. The van der Waals surface area contributed by atoms with Gasteiger partial charge in [-0.1, -0.05) is 152 Å². The Morgan fingerprint density at radius 1 is 0.291 bits per heavy atom. The zero-order chi connectivity index (χ0) is 36.6. The van der Waals surface area contributed by atoms with E-state index < -0.39 is 0 Å². The highest BCUT2D eigenvalue weighted by molar-refractivity contribution is 7.26. The number of nitrogens with zero attached hydrogens (tertiary/aromatic N) is 2. The summed E-state index contributed by atoms with van der Waals surface area (Å²) in [6.07, 6.45) is 0. The summed E-state index contributed by atoms with van der Waals surface area (Å²) in [6.45, 7) is 0. The number of anilines is 6. The van der Waals surface area contributed by atoms with Gasteiger partial charge in [0, 0.05) is 48.6 Å². The van der Waals surface area contributed by atoms with Gasteiger partial charge in [0.15, 0.2) is 0 Å². The van der Waals surface area contributed by atoms with Crippen molar-refractivity contribution in [3.05, 3.63) is 218 Å². The number of thiophene rings is 1. The first kappa shape index (κ1) is 32.7. The lowest BCUT2D eigenvalue weighted by Crippen LogP contribution is -2.13. The molecule has 0 spiro atoms. The van der Waals surface area contributed by atoms with Crippen LogP contribution in [0.25, 0.3) is 53.2 Å². The quantitative estimate of drug-likeness (QED) is 0.154. The maximum atomic E-state index is 2.44. The van der Waals surface area contributed by atoms with Gasteiger partial charge in [-0.3, -0.25) is 0 Å². The second-order valence-corrected chi connectivity index (χ2v) is 14.9. The van der Waals surface area contributed by atoms with Gasteiger partial charge in [0.1, 0.15) is 0 Å². The molecule has 0 aliphatic heterocycles. The van der Waals surface area contributed by atoms with E-state index in [0.717, 1.165) is 34.1 Å². The van der Waals surface area contributed by atoms with Gasteiger partial charge in [-0.05, 0) is 99.8 Å². The molecular weight excluding hydrogens is 685 g/mol. The molecular formula is C52H36N2S. The van der Waals surface area contributed by atoms with E-state index in [4.69, 9.17) is 0 Å². The molecule has 0 bridgehead atoms.